The van der Waals surface area contributed by atoms with Crippen LogP contribution in [0.1, 0.15) is 22.3 Å². The summed E-state index contributed by atoms with van der Waals surface area (Å²) in [6.45, 7) is 3.51. The number of pyridine rings is 1. The minimum Gasteiger partial charge on any atom is -0.348 e. The lowest BCUT2D eigenvalue weighted by molar-refractivity contribution is 0.0812. The van der Waals surface area contributed by atoms with Crippen LogP contribution in [-0.2, 0) is 16.6 Å². The van der Waals surface area contributed by atoms with Crippen LogP contribution in [0.15, 0.2) is 59.9 Å². The van der Waals surface area contributed by atoms with Crippen molar-refractivity contribution in [1.82, 2.24) is 23.9 Å². The van der Waals surface area contributed by atoms with Gasteiger partial charge in [-0.1, -0.05) is 12.1 Å². The molecule has 0 bridgehead atoms. The molecule has 2 aromatic heterocycles. The Bertz CT molecular complexity index is 1230. The largest absolute Gasteiger partial charge is 0.348 e. The second-order valence-corrected chi connectivity index (χ2v) is 10.6. The van der Waals surface area contributed by atoms with Crippen LogP contribution in [-0.4, -0.2) is 66.1 Å². The molecule has 2 aliphatic rings. The van der Waals surface area contributed by atoms with Crippen LogP contribution in [0.5, 0.6) is 0 Å². The van der Waals surface area contributed by atoms with Gasteiger partial charge in [-0.15, -0.1) is 0 Å². The molecule has 2 fully saturated rings. The first kappa shape index (κ1) is 20.2. The zero-order valence-electron chi connectivity index (χ0n) is 17.4. The first-order valence-electron chi connectivity index (χ1n) is 10.3. The van der Waals surface area contributed by atoms with E-state index in [1.54, 1.807) is 63.7 Å². The number of rotatable bonds is 5. The molecule has 0 atom stereocenters. The molecular formula is C22H25N5O3S. The molecule has 1 spiro atoms. The van der Waals surface area contributed by atoms with E-state index in [0.717, 1.165) is 30.7 Å². The Hall–Kier alpha value is -2.75. The lowest BCUT2D eigenvalue weighted by atomic mass is 9.81. The number of nitrogens with one attached hydrogen (secondary N) is 1. The fourth-order valence-corrected chi connectivity index (χ4v) is 6.22. The Morgan fingerprint density at radius 1 is 1.13 bits per heavy atom. The molecule has 1 amide bonds. The summed E-state index contributed by atoms with van der Waals surface area (Å²) in [6.07, 6.45) is 6.26. The summed E-state index contributed by atoms with van der Waals surface area (Å²) in [6, 6.07) is 10.3. The normalized spacial score (nSPS) is 19.0. The molecule has 5 rings (SSSR count). The van der Waals surface area contributed by atoms with Gasteiger partial charge in [0, 0.05) is 50.2 Å². The summed E-state index contributed by atoms with van der Waals surface area (Å²) in [5.74, 6) is -0.195. The van der Waals surface area contributed by atoms with E-state index in [-0.39, 0.29) is 11.3 Å². The van der Waals surface area contributed by atoms with E-state index in [0.29, 0.717) is 30.1 Å². The van der Waals surface area contributed by atoms with Crippen LogP contribution >= 0.6 is 0 Å². The highest BCUT2D eigenvalue weighted by molar-refractivity contribution is 7.89. The number of amides is 1. The lowest BCUT2D eigenvalue weighted by Crippen LogP contribution is -2.59. The predicted molar refractivity (Wildman–Crippen MR) is 116 cm³/mol. The van der Waals surface area contributed by atoms with Crippen molar-refractivity contribution in [2.24, 2.45) is 5.41 Å². The average Bonchev–Trinajstić information content (AvgIpc) is 3.37. The molecule has 31 heavy (non-hydrogen) atoms. The van der Waals surface area contributed by atoms with Gasteiger partial charge in [-0.3, -0.25) is 4.79 Å². The molecule has 0 aliphatic carbocycles. The Labute approximate surface area is 181 Å². The highest BCUT2D eigenvalue weighted by atomic mass is 32.2. The molecule has 2 aliphatic heterocycles. The minimum atomic E-state index is -3.47. The van der Waals surface area contributed by atoms with Crippen LogP contribution in [0.2, 0.25) is 0 Å². The fraction of sp³-hybridized carbons (Fsp3) is 0.364. The zero-order valence-corrected chi connectivity index (χ0v) is 18.2. The maximum Gasteiger partial charge on any atom is 0.253 e. The average molecular weight is 440 g/mol. The fourth-order valence-electron chi connectivity index (χ4n) is 4.56. The maximum atomic E-state index is 12.9. The first-order valence-corrected chi connectivity index (χ1v) is 11.8. The summed E-state index contributed by atoms with van der Waals surface area (Å²) < 4.78 is 29.2. The van der Waals surface area contributed by atoms with Crippen molar-refractivity contribution in [3.8, 4) is 0 Å². The Kier molecular flexibility index (Phi) is 4.84. The summed E-state index contributed by atoms with van der Waals surface area (Å²) >= 11 is 0. The summed E-state index contributed by atoms with van der Waals surface area (Å²) in [4.78, 5) is 19.2. The van der Waals surface area contributed by atoms with Gasteiger partial charge in [0.25, 0.3) is 5.91 Å². The molecule has 8 nitrogen and oxygen atoms in total. The molecule has 0 radical (unpaired) electrons. The molecule has 0 unspecified atom stereocenters. The third-order valence-corrected chi connectivity index (χ3v) is 8.12. The van der Waals surface area contributed by atoms with Crippen molar-refractivity contribution >= 4 is 21.6 Å². The quantitative estimate of drug-likeness (QED) is 0.653. The third kappa shape index (κ3) is 3.73. The molecule has 9 heteroatoms. The second-order valence-electron chi connectivity index (χ2n) is 8.70. The molecule has 0 saturated carbocycles. The standard InChI is InChI=1S/C22H25N5O3S/c1-25-10-8-22(14-25)15-27(16-22)31(29,30)19-5-2-17(3-6-19)12-24-21(28)18-4-7-20-23-9-11-26(20)13-18/h2-7,9,11,13H,8,10,12,14-16H2,1H3,(H,24,28). The summed E-state index contributed by atoms with van der Waals surface area (Å²) in [5.41, 5.74) is 2.29. The molecule has 1 N–H and O–H groups in total. The topological polar surface area (TPSA) is 87.0 Å². The van der Waals surface area contributed by atoms with Crippen molar-refractivity contribution in [1.29, 1.82) is 0 Å². The highest BCUT2D eigenvalue weighted by Crippen LogP contribution is 2.41. The smallest absolute Gasteiger partial charge is 0.253 e. The van der Waals surface area contributed by atoms with Crippen LogP contribution < -0.4 is 5.32 Å². The maximum absolute atomic E-state index is 12.9. The predicted octanol–water partition coefficient (Wildman–Crippen LogP) is 1.59. The molecule has 3 aromatic rings. The zero-order chi connectivity index (χ0) is 21.6. The van der Waals surface area contributed by atoms with Gasteiger partial charge in [0.05, 0.1) is 10.5 Å². The number of hydrogen-bond donors (Lipinski definition) is 1. The van der Waals surface area contributed by atoms with E-state index < -0.39 is 10.0 Å². The third-order valence-electron chi connectivity index (χ3n) is 6.32. The number of carbonyl (C=O) groups is 1. The first-order chi connectivity index (χ1) is 14.8. The van der Waals surface area contributed by atoms with E-state index in [4.69, 9.17) is 0 Å². The van der Waals surface area contributed by atoms with E-state index in [2.05, 4.69) is 22.2 Å². The van der Waals surface area contributed by atoms with Crippen LogP contribution in [0, 0.1) is 5.41 Å². The summed E-state index contributed by atoms with van der Waals surface area (Å²) in [7, 11) is -1.39. The second kappa shape index (κ2) is 7.44. The number of sulfonamides is 1. The van der Waals surface area contributed by atoms with Gasteiger partial charge in [-0.2, -0.15) is 4.31 Å². The van der Waals surface area contributed by atoms with Gasteiger partial charge in [0.15, 0.2) is 0 Å². The van der Waals surface area contributed by atoms with Gasteiger partial charge < -0.3 is 14.6 Å². The molecule has 2 saturated heterocycles. The number of aromatic nitrogens is 2. The Balaban J connectivity index is 1.20. The number of benzene rings is 1. The molecule has 4 heterocycles. The Morgan fingerprint density at radius 2 is 1.90 bits per heavy atom. The highest BCUT2D eigenvalue weighted by Gasteiger charge is 2.50. The lowest BCUT2D eigenvalue weighted by Gasteiger charge is -2.46. The van der Waals surface area contributed by atoms with Crippen LogP contribution in [0.25, 0.3) is 5.65 Å². The van der Waals surface area contributed by atoms with E-state index in [9.17, 15) is 13.2 Å². The van der Waals surface area contributed by atoms with Crippen molar-refractivity contribution in [3.63, 3.8) is 0 Å². The van der Waals surface area contributed by atoms with Crippen molar-refractivity contribution < 1.29 is 13.2 Å². The number of fused-ring (bicyclic) bond motifs is 1. The van der Waals surface area contributed by atoms with Crippen molar-refractivity contribution in [2.75, 3.05) is 33.2 Å². The number of likely N-dealkylation sites (tertiary alicyclic amines) is 1. The number of hydrogen-bond acceptors (Lipinski definition) is 5. The number of carbonyl (C=O) groups excluding carboxylic acids is 1. The van der Waals surface area contributed by atoms with Crippen LogP contribution in [0.4, 0.5) is 0 Å². The van der Waals surface area contributed by atoms with Gasteiger partial charge in [0.2, 0.25) is 10.0 Å². The molecule has 162 valence electrons. The monoisotopic (exact) mass is 439 g/mol. The van der Waals surface area contributed by atoms with Crippen molar-refractivity contribution in [3.05, 3.63) is 66.1 Å². The van der Waals surface area contributed by atoms with Crippen molar-refractivity contribution in [2.45, 2.75) is 17.9 Å². The van der Waals surface area contributed by atoms with Crippen LogP contribution in [0.3, 0.4) is 0 Å². The Morgan fingerprint density at radius 3 is 2.61 bits per heavy atom. The van der Waals surface area contributed by atoms with E-state index in [1.165, 1.54) is 0 Å². The van der Waals surface area contributed by atoms with Gasteiger partial charge >= 0.3 is 0 Å². The van der Waals surface area contributed by atoms with E-state index in [1.807, 2.05) is 0 Å². The summed E-state index contributed by atoms with van der Waals surface area (Å²) in [5, 5.41) is 2.88. The molecule has 1 aromatic carbocycles. The number of imidazole rings is 1. The number of nitrogens with zero attached hydrogens (tertiary/aromatic N) is 4. The van der Waals surface area contributed by atoms with Gasteiger partial charge in [-0.05, 0) is 49.8 Å². The van der Waals surface area contributed by atoms with Gasteiger partial charge in [-0.25, -0.2) is 13.4 Å². The van der Waals surface area contributed by atoms with Gasteiger partial charge in [0.1, 0.15) is 5.65 Å². The van der Waals surface area contributed by atoms with E-state index >= 15 is 0 Å². The SMILES string of the molecule is CN1CCC2(C1)CN(S(=O)(=O)c1ccc(CNC(=O)c3ccc4nccn4c3)cc1)C2. The molecular weight excluding hydrogens is 414 g/mol. The minimum absolute atomic E-state index is 0.131.